The van der Waals surface area contributed by atoms with Crippen LogP contribution in [0.3, 0.4) is 0 Å². The molecule has 0 spiro atoms. The fraction of sp³-hybridized carbons (Fsp3) is 0.571. The third-order valence-electron chi connectivity index (χ3n) is 3.62. The number of likely N-dealkylation sites (tertiary alicyclic amines) is 1. The van der Waals surface area contributed by atoms with Crippen LogP contribution in [0.15, 0.2) is 14.9 Å². The summed E-state index contributed by atoms with van der Waals surface area (Å²) in [6.45, 7) is 5.15. The minimum atomic E-state index is -0.0682. The summed E-state index contributed by atoms with van der Waals surface area (Å²) in [6, 6.07) is 2.10. The van der Waals surface area contributed by atoms with Crippen molar-refractivity contribution >= 4 is 34.1 Å². The van der Waals surface area contributed by atoms with Gasteiger partial charge in [-0.1, -0.05) is 35.2 Å². The normalized spacial score (nSPS) is 18.4. The van der Waals surface area contributed by atoms with Crippen LogP contribution in [-0.4, -0.2) is 45.0 Å². The number of nitrogens with zero attached hydrogens (tertiary/aromatic N) is 4. The molecule has 2 aromatic rings. The number of carbonyl (C=O) groups excluding carboxylic acids is 1. The lowest BCUT2D eigenvalue weighted by molar-refractivity contribution is -0.117. The number of aryl methyl sites for hydroxylation is 1. The fourth-order valence-electron chi connectivity index (χ4n) is 2.68. The number of anilines is 1. The van der Waals surface area contributed by atoms with Gasteiger partial charge in [-0.25, -0.2) is 0 Å². The van der Waals surface area contributed by atoms with Crippen LogP contribution in [0.4, 0.5) is 5.13 Å². The zero-order chi connectivity index (χ0) is 16.2. The lowest BCUT2D eigenvalue weighted by Gasteiger charge is -2.21. The third-order valence-corrected chi connectivity index (χ3v) is 5.47. The van der Waals surface area contributed by atoms with Crippen LogP contribution >= 0.6 is 23.1 Å². The van der Waals surface area contributed by atoms with E-state index in [-0.39, 0.29) is 11.9 Å². The van der Waals surface area contributed by atoms with Gasteiger partial charge in [0.1, 0.15) is 11.5 Å². The number of nitrogens with one attached hydrogen (secondary N) is 1. The number of carbonyl (C=O) groups is 1. The molecule has 1 N–H and O–H groups in total. The molecule has 1 atom stereocenters. The Labute approximate surface area is 142 Å². The van der Waals surface area contributed by atoms with E-state index in [1.807, 2.05) is 13.0 Å². The zero-order valence-corrected chi connectivity index (χ0v) is 14.7. The topological polar surface area (TPSA) is 84.2 Å². The molecular weight excluding hydrogens is 334 g/mol. The Morgan fingerprint density at radius 2 is 2.43 bits per heavy atom. The second-order valence-electron chi connectivity index (χ2n) is 5.35. The summed E-state index contributed by atoms with van der Waals surface area (Å²) < 4.78 is 6.03. The molecule has 0 saturated carbocycles. The molecule has 2 aromatic heterocycles. The molecular formula is C14H19N5O2S2. The quantitative estimate of drug-likeness (QED) is 0.631. The molecule has 1 saturated heterocycles. The van der Waals surface area contributed by atoms with E-state index in [2.05, 4.69) is 32.5 Å². The molecule has 0 bridgehead atoms. The van der Waals surface area contributed by atoms with Crippen LogP contribution in [0.1, 0.15) is 37.3 Å². The second kappa shape index (κ2) is 7.41. The van der Waals surface area contributed by atoms with E-state index in [0.29, 0.717) is 11.7 Å². The Hall–Kier alpha value is -1.45. The Bertz CT molecular complexity index is 672. The monoisotopic (exact) mass is 353 g/mol. The first-order chi connectivity index (χ1) is 11.2. The number of hydrogen-bond acceptors (Lipinski definition) is 8. The van der Waals surface area contributed by atoms with Crippen molar-refractivity contribution in [2.75, 3.05) is 24.2 Å². The summed E-state index contributed by atoms with van der Waals surface area (Å²) in [4.78, 5) is 14.4. The van der Waals surface area contributed by atoms with E-state index in [0.717, 1.165) is 40.9 Å². The number of rotatable bonds is 6. The van der Waals surface area contributed by atoms with Gasteiger partial charge >= 0.3 is 0 Å². The molecule has 1 aliphatic heterocycles. The maximum Gasteiger partial charge on any atom is 0.240 e. The van der Waals surface area contributed by atoms with Crippen molar-refractivity contribution in [1.29, 1.82) is 0 Å². The standard InChI is InChI=1S/C14H19N5O2S2/c1-3-22-14-17-16-13(23-14)15-12(20)8-19-6-4-5-11(19)10-7-9(2)21-18-10/h7,11H,3-6,8H2,1-2H3,(H,15,16,20). The summed E-state index contributed by atoms with van der Waals surface area (Å²) in [5.74, 6) is 1.67. The molecule has 0 aromatic carbocycles. The molecule has 0 radical (unpaired) electrons. The van der Waals surface area contributed by atoms with Gasteiger partial charge in [0.2, 0.25) is 11.0 Å². The van der Waals surface area contributed by atoms with E-state index >= 15 is 0 Å². The third kappa shape index (κ3) is 4.10. The zero-order valence-electron chi connectivity index (χ0n) is 13.1. The first kappa shape index (κ1) is 16.4. The van der Waals surface area contributed by atoms with Gasteiger partial charge in [-0.2, -0.15) is 0 Å². The average Bonchev–Trinajstić information content (AvgIpc) is 3.21. The number of aromatic nitrogens is 3. The molecule has 23 heavy (non-hydrogen) atoms. The fourth-order valence-corrected chi connectivity index (χ4v) is 4.34. The van der Waals surface area contributed by atoms with Crippen molar-refractivity contribution in [2.45, 2.75) is 37.1 Å². The summed E-state index contributed by atoms with van der Waals surface area (Å²) in [5, 5.41) is 15.5. The van der Waals surface area contributed by atoms with Gasteiger partial charge in [0.05, 0.1) is 12.6 Å². The molecule has 9 heteroatoms. The van der Waals surface area contributed by atoms with Gasteiger partial charge in [0, 0.05) is 6.07 Å². The highest BCUT2D eigenvalue weighted by Crippen LogP contribution is 2.31. The predicted octanol–water partition coefficient (Wildman–Crippen LogP) is 2.72. The highest BCUT2D eigenvalue weighted by molar-refractivity contribution is 8.01. The van der Waals surface area contributed by atoms with E-state index in [9.17, 15) is 4.79 Å². The lowest BCUT2D eigenvalue weighted by Crippen LogP contribution is -2.33. The lowest BCUT2D eigenvalue weighted by atomic mass is 10.1. The van der Waals surface area contributed by atoms with Crippen molar-refractivity contribution in [1.82, 2.24) is 20.3 Å². The van der Waals surface area contributed by atoms with Gasteiger partial charge < -0.3 is 4.52 Å². The van der Waals surface area contributed by atoms with Crippen LogP contribution < -0.4 is 5.32 Å². The summed E-state index contributed by atoms with van der Waals surface area (Å²) in [5.41, 5.74) is 0.908. The van der Waals surface area contributed by atoms with Crippen LogP contribution in [0.25, 0.3) is 0 Å². The highest BCUT2D eigenvalue weighted by Gasteiger charge is 2.30. The first-order valence-electron chi connectivity index (χ1n) is 7.59. The Balaban J connectivity index is 1.58. The van der Waals surface area contributed by atoms with Gasteiger partial charge in [-0.05, 0) is 32.1 Å². The molecule has 7 nitrogen and oxygen atoms in total. The summed E-state index contributed by atoms with van der Waals surface area (Å²) in [7, 11) is 0. The van der Waals surface area contributed by atoms with Crippen molar-refractivity contribution in [3.8, 4) is 0 Å². The van der Waals surface area contributed by atoms with Gasteiger partial charge in [-0.15, -0.1) is 10.2 Å². The highest BCUT2D eigenvalue weighted by atomic mass is 32.2. The summed E-state index contributed by atoms with van der Waals surface area (Å²) >= 11 is 3.03. The van der Waals surface area contributed by atoms with Gasteiger partial charge in [0.15, 0.2) is 4.34 Å². The number of thioether (sulfide) groups is 1. The number of amides is 1. The SMILES string of the molecule is CCSc1nnc(NC(=O)CN2CCCC2c2cc(C)on2)s1. The maximum absolute atomic E-state index is 12.3. The Morgan fingerprint density at radius 1 is 1.57 bits per heavy atom. The van der Waals surface area contributed by atoms with Crippen LogP contribution in [0.5, 0.6) is 0 Å². The predicted molar refractivity (Wildman–Crippen MR) is 89.7 cm³/mol. The number of hydrogen-bond donors (Lipinski definition) is 1. The van der Waals surface area contributed by atoms with E-state index in [1.165, 1.54) is 11.3 Å². The van der Waals surface area contributed by atoms with E-state index in [1.54, 1.807) is 11.8 Å². The molecule has 1 fully saturated rings. The molecule has 124 valence electrons. The molecule has 3 heterocycles. The van der Waals surface area contributed by atoms with Crippen LogP contribution in [0, 0.1) is 6.92 Å². The largest absolute Gasteiger partial charge is 0.361 e. The van der Waals surface area contributed by atoms with Crippen molar-refractivity contribution < 1.29 is 9.32 Å². The molecule has 3 rings (SSSR count). The van der Waals surface area contributed by atoms with Crippen molar-refractivity contribution in [3.63, 3.8) is 0 Å². The minimum absolute atomic E-state index is 0.0682. The summed E-state index contributed by atoms with van der Waals surface area (Å²) in [6.07, 6.45) is 2.05. The van der Waals surface area contributed by atoms with Crippen molar-refractivity contribution in [2.24, 2.45) is 0 Å². The average molecular weight is 353 g/mol. The Kier molecular flexibility index (Phi) is 5.29. The van der Waals surface area contributed by atoms with E-state index in [4.69, 9.17) is 4.52 Å². The van der Waals surface area contributed by atoms with E-state index < -0.39 is 0 Å². The molecule has 1 amide bonds. The van der Waals surface area contributed by atoms with Crippen molar-refractivity contribution in [3.05, 3.63) is 17.5 Å². The molecule has 1 aliphatic rings. The molecule has 1 unspecified atom stereocenters. The Morgan fingerprint density at radius 3 is 3.17 bits per heavy atom. The maximum atomic E-state index is 12.3. The smallest absolute Gasteiger partial charge is 0.240 e. The first-order valence-corrected chi connectivity index (χ1v) is 9.39. The van der Waals surface area contributed by atoms with Gasteiger partial charge in [0.25, 0.3) is 0 Å². The second-order valence-corrected chi connectivity index (χ2v) is 7.83. The van der Waals surface area contributed by atoms with Crippen LogP contribution in [-0.2, 0) is 4.79 Å². The van der Waals surface area contributed by atoms with Gasteiger partial charge in [-0.3, -0.25) is 15.0 Å². The molecule has 0 aliphatic carbocycles. The minimum Gasteiger partial charge on any atom is -0.361 e. The van der Waals surface area contributed by atoms with Crippen LogP contribution in [0.2, 0.25) is 0 Å².